The molecule has 0 aromatic heterocycles. The van der Waals surface area contributed by atoms with E-state index < -0.39 is 54.5 Å². The van der Waals surface area contributed by atoms with E-state index in [9.17, 15) is 24.6 Å². The average Bonchev–Trinajstić information content (AvgIpc) is 2.82. The van der Waals surface area contributed by atoms with Gasteiger partial charge in [-0.15, -0.1) is 0 Å². The highest BCUT2D eigenvalue weighted by Gasteiger charge is 2.31. The van der Waals surface area contributed by atoms with Gasteiger partial charge in [-0.2, -0.15) is 0 Å². The monoisotopic (exact) mass is 508 g/mol. The fourth-order valence-electron chi connectivity index (χ4n) is 4.22. The molecule has 0 aromatic carbocycles. The molecule has 0 bridgehead atoms. The number of ether oxygens (including phenoxy) is 4. The third-order valence-electron chi connectivity index (χ3n) is 6.00. The van der Waals surface area contributed by atoms with Gasteiger partial charge in [0.05, 0.1) is 24.4 Å². The molecule has 0 aromatic rings. The molecule has 0 saturated heterocycles. The number of esters is 3. The first-order valence-corrected chi connectivity index (χ1v) is 12.8. The van der Waals surface area contributed by atoms with Crippen molar-refractivity contribution in [3.8, 4) is 0 Å². The quantitative estimate of drug-likeness (QED) is 0.246. The second-order valence-corrected chi connectivity index (χ2v) is 9.43. The van der Waals surface area contributed by atoms with Crippen LogP contribution in [0.1, 0.15) is 72.1 Å². The van der Waals surface area contributed by atoms with Crippen LogP contribution in [-0.2, 0) is 33.3 Å². The van der Waals surface area contributed by atoms with E-state index in [1.807, 2.05) is 0 Å². The van der Waals surface area contributed by atoms with E-state index in [2.05, 4.69) is 0 Å². The Bertz CT molecular complexity index is 799. The molecule has 2 aliphatic rings. The van der Waals surface area contributed by atoms with Crippen molar-refractivity contribution in [2.24, 2.45) is 0 Å². The lowest BCUT2D eigenvalue weighted by Gasteiger charge is -2.32. The lowest BCUT2D eigenvalue weighted by molar-refractivity contribution is -0.165. The molecule has 36 heavy (non-hydrogen) atoms. The van der Waals surface area contributed by atoms with Crippen molar-refractivity contribution in [2.45, 2.75) is 115 Å². The van der Waals surface area contributed by atoms with E-state index in [-0.39, 0.29) is 6.10 Å². The first kappa shape index (κ1) is 29.7. The normalized spacial score (nSPS) is 27.6. The van der Waals surface area contributed by atoms with Crippen LogP contribution in [0.25, 0.3) is 0 Å². The van der Waals surface area contributed by atoms with Crippen LogP contribution in [0.15, 0.2) is 36.5 Å². The minimum Gasteiger partial charge on any atom is -0.456 e. The van der Waals surface area contributed by atoms with Crippen LogP contribution in [0.3, 0.4) is 0 Å². The maximum absolute atomic E-state index is 12.4. The zero-order valence-electron chi connectivity index (χ0n) is 21.4. The summed E-state index contributed by atoms with van der Waals surface area (Å²) in [4.78, 5) is 36.4. The molecule has 0 radical (unpaired) electrons. The lowest BCUT2D eigenvalue weighted by atomic mass is 9.94. The van der Waals surface area contributed by atoms with Gasteiger partial charge < -0.3 is 29.2 Å². The Morgan fingerprint density at radius 1 is 0.611 bits per heavy atom. The summed E-state index contributed by atoms with van der Waals surface area (Å²) in [5.41, 5.74) is 0. The van der Waals surface area contributed by atoms with Crippen LogP contribution >= 0.6 is 0 Å². The lowest BCUT2D eigenvalue weighted by Crippen LogP contribution is -2.38. The Balaban J connectivity index is 1.86. The molecule has 0 aliphatic heterocycles. The van der Waals surface area contributed by atoms with E-state index >= 15 is 0 Å². The molecule has 7 unspecified atom stereocenters. The molecule has 7 atom stereocenters. The molecule has 9 nitrogen and oxygen atoms in total. The van der Waals surface area contributed by atoms with Crippen molar-refractivity contribution in [1.29, 1.82) is 0 Å². The highest BCUT2D eigenvalue weighted by atomic mass is 16.6. The highest BCUT2D eigenvalue weighted by Crippen LogP contribution is 2.26. The maximum Gasteiger partial charge on any atom is 0.330 e. The van der Waals surface area contributed by atoms with E-state index in [1.54, 1.807) is 19.9 Å². The van der Waals surface area contributed by atoms with Gasteiger partial charge in [0, 0.05) is 18.2 Å². The fraction of sp³-hybridized carbons (Fsp3) is 0.667. The molecule has 9 heteroatoms. The van der Waals surface area contributed by atoms with Gasteiger partial charge in [0.25, 0.3) is 0 Å². The molecular formula is C27H40O9. The van der Waals surface area contributed by atoms with E-state index in [0.29, 0.717) is 19.3 Å². The average molecular weight is 509 g/mol. The predicted molar refractivity (Wildman–Crippen MR) is 132 cm³/mol. The second kappa shape index (κ2) is 15.6. The molecule has 0 spiro atoms. The Morgan fingerprint density at radius 2 is 0.944 bits per heavy atom. The van der Waals surface area contributed by atoms with Crippen LogP contribution in [0.5, 0.6) is 0 Å². The van der Waals surface area contributed by atoms with E-state index in [1.165, 1.54) is 37.3 Å². The number of carbonyl (C=O) groups excluding carboxylic acids is 3. The Morgan fingerprint density at radius 3 is 1.33 bits per heavy atom. The van der Waals surface area contributed by atoms with Gasteiger partial charge in [-0.25, -0.2) is 14.4 Å². The van der Waals surface area contributed by atoms with Crippen molar-refractivity contribution in [2.75, 3.05) is 0 Å². The zero-order valence-corrected chi connectivity index (χ0v) is 21.4. The molecule has 0 heterocycles. The topological polar surface area (TPSA) is 129 Å². The number of carbonyl (C=O) groups is 3. The number of aliphatic hydroxyl groups excluding tert-OH is 2. The molecule has 2 aliphatic carbocycles. The Labute approximate surface area is 213 Å². The van der Waals surface area contributed by atoms with Crippen LogP contribution in [-0.4, -0.2) is 70.8 Å². The summed E-state index contributed by atoms with van der Waals surface area (Å²) >= 11 is 0. The largest absolute Gasteiger partial charge is 0.456 e. The van der Waals surface area contributed by atoms with E-state index in [0.717, 1.165) is 32.1 Å². The maximum atomic E-state index is 12.4. The van der Waals surface area contributed by atoms with Gasteiger partial charge in [-0.3, -0.25) is 0 Å². The standard InChI is InChI=1S/C27H40O9/c1-18(28)12-15-25(30)34-22-9-5-4-8-21(22)33-20(3)14-17-27(32)36-24-11-7-6-10-23(24)35-26(31)16-13-19(2)29/h12-24,28-29H,4-11H2,1-3H3/b15-12+,16-13+,17-14+. The number of hydrogen-bond donors (Lipinski definition) is 2. The second-order valence-electron chi connectivity index (χ2n) is 9.43. The molecule has 2 fully saturated rings. The summed E-state index contributed by atoms with van der Waals surface area (Å²) in [5.74, 6) is -1.65. The van der Waals surface area contributed by atoms with Crippen molar-refractivity contribution in [1.82, 2.24) is 0 Å². The third kappa shape index (κ3) is 11.5. The minimum atomic E-state index is -0.755. The number of aliphatic hydroxyl groups is 2. The van der Waals surface area contributed by atoms with Crippen LogP contribution in [0, 0.1) is 0 Å². The van der Waals surface area contributed by atoms with Gasteiger partial charge in [-0.05, 0) is 83.9 Å². The number of rotatable bonds is 11. The van der Waals surface area contributed by atoms with Gasteiger partial charge in [0.1, 0.15) is 18.3 Å². The van der Waals surface area contributed by atoms with E-state index in [4.69, 9.17) is 18.9 Å². The Hall–Kier alpha value is -2.49. The van der Waals surface area contributed by atoms with Crippen molar-refractivity contribution in [3.63, 3.8) is 0 Å². The SMILES string of the molecule is CC(O)/C=C/C(=O)OC1CCCCC1OC(=O)/C=C/C(C)OC1CCCCC1OC(=O)/C=C/C(C)O. The summed E-state index contributed by atoms with van der Waals surface area (Å²) in [6.45, 7) is 4.88. The molecule has 0 amide bonds. The molecule has 202 valence electrons. The van der Waals surface area contributed by atoms with Gasteiger partial charge >= 0.3 is 17.9 Å². The van der Waals surface area contributed by atoms with Gasteiger partial charge in [0.2, 0.25) is 0 Å². The fourth-order valence-corrected chi connectivity index (χ4v) is 4.22. The van der Waals surface area contributed by atoms with Crippen molar-refractivity contribution < 1.29 is 43.5 Å². The molecule has 2 N–H and O–H groups in total. The zero-order chi connectivity index (χ0) is 26.5. The molecule has 2 rings (SSSR count). The summed E-state index contributed by atoms with van der Waals surface area (Å²) < 4.78 is 22.6. The highest BCUT2D eigenvalue weighted by molar-refractivity contribution is 5.83. The van der Waals surface area contributed by atoms with Crippen LogP contribution < -0.4 is 0 Å². The van der Waals surface area contributed by atoms with Crippen LogP contribution in [0.2, 0.25) is 0 Å². The van der Waals surface area contributed by atoms with Crippen molar-refractivity contribution in [3.05, 3.63) is 36.5 Å². The first-order valence-electron chi connectivity index (χ1n) is 12.8. The predicted octanol–water partition coefficient (Wildman–Crippen LogP) is 3.07. The summed E-state index contributed by atoms with van der Waals surface area (Å²) in [6.07, 6.45) is 10.6. The minimum absolute atomic E-state index is 0.296. The van der Waals surface area contributed by atoms with Gasteiger partial charge in [-0.1, -0.05) is 6.42 Å². The van der Waals surface area contributed by atoms with Crippen LogP contribution in [0.4, 0.5) is 0 Å². The van der Waals surface area contributed by atoms with Gasteiger partial charge in [0.15, 0.2) is 0 Å². The molecule has 2 saturated carbocycles. The first-order chi connectivity index (χ1) is 17.1. The summed E-state index contributed by atoms with van der Waals surface area (Å²) in [7, 11) is 0. The number of hydrogen-bond acceptors (Lipinski definition) is 9. The van der Waals surface area contributed by atoms with Crippen molar-refractivity contribution >= 4 is 17.9 Å². The Kier molecular flexibility index (Phi) is 12.9. The summed E-state index contributed by atoms with van der Waals surface area (Å²) in [6, 6.07) is 0. The summed E-state index contributed by atoms with van der Waals surface area (Å²) in [5, 5.41) is 18.5. The third-order valence-corrected chi connectivity index (χ3v) is 6.00. The smallest absolute Gasteiger partial charge is 0.330 e. The molecular weight excluding hydrogens is 468 g/mol.